The normalized spacial score (nSPS) is 10.6. The Morgan fingerprint density at radius 3 is 2.58 bits per heavy atom. The third-order valence-electron chi connectivity index (χ3n) is 4.60. The molecule has 7 nitrogen and oxygen atoms in total. The highest BCUT2D eigenvalue weighted by atomic mass is 19.1. The number of amides is 1. The maximum absolute atomic E-state index is 13.0. The second kappa shape index (κ2) is 9.17. The Kier molecular flexibility index (Phi) is 5.98. The van der Waals surface area contributed by atoms with E-state index in [0.717, 1.165) is 11.3 Å². The molecule has 0 aliphatic carbocycles. The Labute approximate surface area is 178 Å². The molecular weight excluding hydrogens is 397 g/mol. The first-order chi connectivity index (χ1) is 15.1. The number of hydrogen-bond acceptors (Lipinski definition) is 5. The van der Waals surface area contributed by atoms with E-state index in [4.69, 9.17) is 4.74 Å². The van der Waals surface area contributed by atoms with E-state index in [9.17, 15) is 9.18 Å². The van der Waals surface area contributed by atoms with Crippen LogP contribution in [0.4, 0.5) is 4.39 Å². The predicted molar refractivity (Wildman–Crippen MR) is 113 cm³/mol. The molecule has 31 heavy (non-hydrogen) atoms. The van der Waals surface area contributed by atoms with Crippen LogP contribution in [-0.4, -0.2) is 25.7 Å². The maximum atomic E-state index is 13.0. The highest BCUT2D eigenvalue weighted by molar-refractivity contribution is 5.95. The Bertz CT molecular complexity index is 1160. The average Bonchev–Trinajstić information content (AvgIpc) is 3.25. The van der Waals surface area contributed by atoms with Crippen molar-refractivity contribution in [2.45, 2.75) is 19.9 Å². The molecule has 3 heterocycles. The van der Waals surface area contributed by atoms with E-state index in [2.05, 4.69) is 20.4 Å². The first-order valence-corrected chi connectivity index (χ1v) is 9.79. The van der Waals surface area contributed by atoms with E-state index in [1.807, 2.05) is 31.2 Å². The lowest BCUT2D eigenvalue weighted by Gasteiger charge is -2.09. The van der Waals surface area contributed by atoms with Crippen LogP contribution in [0.3, 0.4) is 0 Å². The van der Waals surface area contributed by atoms with Gasteiger partial charge >= 0.3 is 0 Å². The molecule has 3 aromatic heterocycles. The quantitative estimate of drug-likeness (QED) is 0.490. The minimum absolute atomic E-state index is 0.217. The van der Waals surface area contributed by atoms with E-state index in [1.54, 1.807) is 29.3 Å². The van der Waals surface area contributed by atoms with Gasteiger partial charge < -0.3 is 10.1 Å². The number of nitrogens with zero attached hydrogens (tertiary/aromatic N) is 4. The second-order valence-electron chi connectivity index (χ2n) is 6.70. The number of ether oxygens (including phenoxy) is 1. The number of carbonyl (C=O) groups excluding carboxylic acids is 1. The number of rotatable bonds is 7. The van der Waals surface area contributed by atoms with Gasteiger partial charge in [-0.15, -0.1) is 0 Å². The number of nitrogens with one attached hydrogen (secondary N) is 1. The van der Waals surface area contributed by atoms with Gasteiger partial charge in [-0.05, 0) is 48.4 Å². The van der Waals surface area contributed by atoms with Gasteiger partial charge in [0.1, 0.15) is 11.6 Å². The zero-order chi connectivity index (χ0) is 21.6. The van der Waals surface area contributed by atoms with Gasteiger partial charge in [0.05, 0.1) is 17.5 Å². The molecule has 0 atom stereocenters. The van der Waals surface area contributed by atoms with Crippen LogP contribution in [0.2, 0.25) is 0 Å². The molecule has 8 heteroatoms. The van der Waals surface area contributed by atoms with Crippen molar-refractivity contribution in [3.8, 4) is 17.4 Å². The molecule has 0 aliphatic heterocycles. The van der Waals surface area contributed by atoms with Gasteiger partial charge in [-0.1, -0.05) is 19.1 Å². The van der Waals surface area contributed by atoms with E-state index >= 15 is 0 Å². The third-order valence-corrected chi connectivity index (χ3v) is 4.60. The number of hydrogen-bond donors (Lipinski definition) is 1. The number of carbonyl (C=O) groups is 1. The van der Waals surface area contributed by atoms with Crippen LogP contribution in [0, 0.1) is 5.82 Å². The predicted octanol–water partition coefficient (Wildman–Crippen LogP) is 4.09. The minimum Gasteiger partial charge on any atom is -0.439 e. The van der Waals surface area contributed by atoms with Crippen molar-refractivity contribution in [2.24, 2.45) is 0 Å². The van der Waals surface area contributed by atoms with Crippen LogP contribution in [-0.2, 0) is 13.0 Å². The fourth-order valence-corrected chi connectivity index (χ4v) is 3.06. The van der Waals surface area contributed by atoms with Crippen molar-refractivity contribution < 1.29 is 13.9 Å². The molecular formula is C23H20FN5O2. The molecule has 0 spiro atoms. The Balaban J connectivity index is 1.40. The summed E-state index contributed by atoms with van der Waals surface area (Å²) in [5, 5.41) is 7.23. The van der Waals surface area contributed by atoms with Crippen molar-refractivity contribution in [3.05, 3.63) is 95.8 Å². The molecule has 0 bridgehead atoms. The van der Waals surface area contributed by atoms with E-state index in [-0.39, 0.29) is 11.7 Å². The van der Waals surface area contributed by atoms with Crippen molar-refractivity contribution in [1.29, 1.82) is 0 Å². The van der Waals surface area contributed by atoms with E-state index in [0.29, 0.717) is 36.0 Å². The smallest absolute Gasteiger partial charge is 0.255 e. The van der Waals surface area contributed by atoms with Crippen LogP contribution in [0.1, 0.15) is 28.5 Å². The summed E-state index contributed by atoms with van der Waals surface area (Å²) < 4.78 is 20.2. The first kappa shape index (κ1) is 20.2. The van der Waals surface area contributed by atoms with Gasteiger partial charge in [0.25, 0.3) is 5.91 Å². The van der Waals surface area contributed by atoms with Crippen LogP contribution in [0.5, 0.6) is 11.6 Å². The topological polar surface area (TPSA) is 81.9 Å². The van der Waals surface area contributed by atoms with Crippen LogP contribution >= 0.6 is 0 Å². The summed E-state index contributed by atoms with van der Waals surface area (Å²) in [4.78, 5) is 21.2. The maximum Gasteiger partial charge on any atom is 0.255 e. The molecule has 0 radical (unpaired) electrons. The standard InChI is InChI=1S/C23H20FN5O2/c1-2-20-19(15-28-29(20)21-5-3-4-12-25-21)23(30)27-14-16-6-11-22(26-13-16)31-18-9-7-17(24)8-10-18/h3-13,15H,2,14H2,1H3,(H,27,30). The molecule has 0 saturated heterocycles. The fraction of sp³-hybridized carbons (Fsp3) is 0.130. The van der Waals surface area contributed by atoms with E-state index in [1.165, 1.54) is 24.3 Å². The minimum atomic E-state index is -0.330. The van der Waals surface area contributed by atoms with Crippen molar-refractivity contribution in [3.63, 3.8) is 0 Å². The number of benzene rings is 1. The number of aromatic nitrogens is 4. The summed E-state index contributed by atoms with van der Waals surface area (Å²) in [5.41, 5.74) is 2.12. The zero-order valence-corrected chi connectivity index (χ0v) is 16.8. The lowest BCUT2D eigenvalue weighted by atomic mass is 10.2. The lowest BCUT2D eigenvalue weighted by molar-refractivity contribution is 0.0950. The molecule has 1 amide bonds. The van der Waals surface area contributed by atoms with Crippen molar-refractivity contribution in [1.82, 2.24) is 25.1 Å². The molecule has 0 unspecified atom stereocenters. The lowest BCUT2D eigenvalue weighted by Crippen LogP contribution is -2.24. The molecule has 156 valence electrons. The monoisotopic (exact) mass is 417 g/mol. The van der Waals surface area contributed by atoms with Crippen molar-refractivity contribution >= 4 is 5.91 Å². The van der Waals surface area contributed by atoms with Crippen molar-refractivity contribution in [2.75, 3.05) is 0 Å². The molecule has 4 rings (SSSR count). The highest BCUT2D eigenvalue weighted by Gasteiger charge is 2.17. The molecule has 0 aliphatic rings. The zero-order valence-electron chi connectivity index (χ0n) is 16.8. The summed E-state index contributed by atoms with van der Waals surface area (Å²) in [7, 11) is 0. The SMILES string of the molecule is CCc1c(C(=O)NCc2ccc(Oc3ccc(F)cc3)nc2)cnn1-c1ccccn1. The number of halogens is 1. The Morgan fingerprint density at radius 2 is 1.90 bits per heavy atom. The summed E-state index contributed by atoms with van der Waals surface area (Å²) in [5.74, 6) is 0.992. The fourth-order valence-electron chi connectivity index (χ4n) is 3.06. The average molecular weight is 417 g/mol. The molecule has 0 saturated carbocycles. The summed E-state index contributed by atoms with van der Waals surface area (Å²) in [6.07, 6.45) is 5.50. The third kappa shape index (κ3) is 4.75. The first-order valence-electron chi connectivity index (χ1n) is 9.79. The number of pyridine rings is 2. The largest absolute Gasteiger partial charge is 0.439 e. The highest BCUT2D eigenvalue weighted by Crippen LogP contribution is 2.20. The molecule has 1 N–H and O–H groups in total. The van der Waals surface area contributed by atoms with Gasteiger partial charge in [0.15, 0.2) is 5.82 Å². The van der Waals surface area contributed by atoms with Gasteiger partial charge in [0, 0.05) is 25.0 Å². The van der Waals surface area contributed by atoms with Gasteiger partial charge in [-0.25, -0.2) is 19.0 Å². The Hall–Kier alpha value is -4.07. The van der Waals surface area contributed by atoms with Gasteiger partial charge in [-0.2, -0.15) is 5.10 Å². The van der Waals surface area contributed by atoms with Crippen LogP contribution in [0.25, 0.3) is 5.82 Å². The van der Waals surface area contributed by atoms with Crippen LogP contribution < -0.4 is 10.1 Å². The molecule has 0 fully saturated rings. The second-order valence-corrected chi connectivity index (χ2v) is 6.70. The Morgan fingerprint density at radius 1 is 1.06 bits per heavy atom. The molecule has 1 aromatic carbocycles. The van der Waals surface area contributed by atoms with E-state index < -0.39 is 0 Å². The molecule has 4 aromatic rings. The van der Waals surface area contributed by atoms with Crippen LogP contribution in [0.15, 0.2) is 73.2 Å². The summed E-state index contributed by atoms with van der Waals surface area (Å²) >= 11 is 0. The van der Waals surface area contributed by atoms with Gasteiger partial charge in [0.2, 0.25) is 5.88 Å². The summed E-state index contributed by atoms with van der Waals surface area (Å²) in [6.45, 7) is 2.28. The summed E-state index contributed by atoms with van der Waals surface area (Å²) in [6, 6.07) is 14.7. The van der Waals surface area contributed by atoms with Gasteiger partial charge in [-0.3, -0.25) is 4.79 Å².